The van der Waals surface area contributed by atoms with Crippen LogP contribution < -0.4 is 0 Å². The normalized spacial score (nSPS) is 30.0. The summed E-state index contributed by atoms with van der Waals surface area (Å²) in [5, 5.41) is 17.6. The first-order valence-corrected chi connectivity index (χ1v) is 3.61. The summed E-state index contributed by atoms with van der Waals surface area (Å²) >= 11 is 0. The Hall–Kier alpha value is -0.810. The van der Waals surface area contributed by atoms with Gasteiger partial charge in [-0.2, -0.15) is 5.26 Å². The van der Waals surface area contributed by atoms with E-state index in [1.54, 1.807) is 0 Å². The molecule has 1 N–H and O–H groups in total. The van der Waals surface area contributed by atoms with E-state index in [1.807, 2.05) is 6.07 Å². The van der Waals surface area contributed by atoms with E-state index in [9.17, 15) is 5.11 Å². The van der Waals surface area contributed by atoms with E-state index >= 15 is 0 Å². The van der Waals surface area contributed by atoms with Crippen molar-refractivity contribution in [3.05, 3.63) is 11.6 Å². The molecule has 0 aliphatic heterocycles. The fourth-order valence-electron chi connectivity index (χ4n) is 1.27. The summed E-state index contributed by atoms with van der Waals surface area (Å²) in [5.41, 5.74) is 0.911. The maximum atomic E-state index is 9.28. The number of hydrogen-bond donors (Lipinski definition) is 1. The second kappa shape index (κ2) is 3.38. The molecule has 2 heteroatoms. The number of aliphatic hydroxyl groups excluding tert-OH is 1. The zero-order valence-electron chi connectivity index (χ0n) is 5.88. The van der Waals surface area contributed by atoms with Crippen molar-refractivity contribution in [1.82, 2.24) is 0 Å². The first kappa shape index (κ1) is 7.30. The SMILES string of the molecule is N#C/C=C1\CCCCC1O. The van der Waals surface area contributed by atoms with Crippen molar-refractivity contribution in [3.63, 3.8) is 0 Å². The molecule has 0 aromatic rings. The van der Waals surface area contributed by atoms with Crippen LogP contribution in [0.5, 0.6) is 0 Å². The minimum Gasteiger partial charge on any atom is -0.389 e. The van der Waals surface area contributed by atoms with Gasteiger partial charge in [-0.05, 0) is 24.8 Å². The molecule has 1 rings (SSSR count). The highest BCUT2D eigenvalue weighted by atomic mass is 16.3. The molecule has 1 saturated carbocycles. The summed E-state index contributed by atoms with van der Waals surface area (Å²) in [6, 6.07) is 1.95. The maximum Gasteiger partial charge on any atom is 0.0912 e. The van der Waals surface area contributed by atoms with Crippen LogP contribution in [0, 0.1) is 11.3 Å². The van der Waals surface area contributed by atoms with Gasteiger partial charge < -0.3 is 5.11 Å². The highest BCUT2D eigenvalue weighted by molar-refractivity contribution is 5.18. The lowest BCUT2D eigenvalue weighted by molar-refractivity contribution is 0.178. The molecule has 1 aliphatic carbocycles. The van der Waals surface area contributed by atoms with Crippen LogP contribution in [-0.4, -0.2) is 11.2 Å². The van der Waals surface area contributed by atoms with Gasteiger partial charge in [0.15, 0.2) is 0 Å². The van der Waals surface area contributed by atoms with Crippen LogP contribution in [0.2, 0.25) is 0 Å². The third kappa shape index (κ3) is 1.58. The number of nitrogens with zero attached hydrogens (tertiary/aromatic N) is 1. The summed E-state index contributed by atoms with van der Waals surface area (Å²) in [6.07, 6.45) is 5.06. The Kier molecular flexibility index (Phi) is 2.47. The Bertz CT molecular complexity index is 178. The first-order chi connectivity index (χ1) is 4.84. The van der Waals surface area contributed by atoms with E-state index in [0.717, 1.165) is 31.3 Å². The fraction of sp³-hybridized carbons (Fsp3) is 0.625. The Labute approximate surface area is 60.8 Å². The van der Waals surface area contributed by atoms with Crippen molar-refractivity contribution >= 4 is 0 Å². The monoisotopic (exact) mass is 137 g/mol. The Morgan fingerprint density at radius 1 is 1.60 bits per heavy atom. The van der Waals surface area contributed by atoms with Crippen LogP contribution in [0.3, 0.4) is 0 Å². The molecule has 1 unspecified atom stereocenters. The molecule has 10 heavy (non-hydrogen) atoms. The van der Waals surface area contributed by atoms with Crippen LogP contribution in [-0.2, 0) is 0 Å². The molecule has 0 saturated heterocycles. The van der Waals surface area contributed by atoms with Gasteiger partial charge in [0.05, 0.1) is 12.2 Å². The molecule has 0 aromatic carbocycles. The van der Waals surface area contributed by atoms with Crippen molar-refractivity contribution in [2.45, 2.75) is 31.8 Å². The quantitative estimate of drug-likeness (QED) is 0.512. The van der Waals surface area contributed by atoms with Gasteiger partial charge in [-0.3, -0.25) is 0 Å². The zero-order chi connectivity index (χ0) is 7.40. The summed E-state index contributed by atoms with van der Waals surface area (Å²) in [6.45, 7) is 0. The van der Waals surface area contributed by atoms with Crippen LogP contribution in [0.15, 0.2) is 11.6 Å². The molecule has 1 aliphatic rings. The van der Waals surface area contributed by atoms with Gasteiger partial charge in [-0.1, -0.05) is 6.42 Å². The summed E-state index contributed by atoms with van der Waals surface area (Å²) < 4.78 is 0. The van der Waals surface area contributed by atoms with Gasteiger partial charge in [-0.15, -0.1) is 0 Å². The molecule has 2 nitrogen and oxygen atoms in total. The molecule has 54 valence electrons. The molecule has 0 heterocycles. The number of nitriles is 1. The lowest BCUT2D eigenvalue weighted by atomic mass is 9.92. The van der Waals surface area contributed by atoms with Gasteiger partial charge in [0.25, 0.3) is 0 Å². The van der Waals surface area contributed by atoms with E-state index in [2.05, 4.69) is 0 Å². The topological polar surface area (TPSA) is 44.0 Å². The van der Waals surface area contributed by atoms with E-state index in [1.165, 1.54) is 6.08 Å². The smallest absolute Gasteiger partial charge is 0.0912 e. The molecular formula is C8H11NO. The summed E-state index contributed by atoms with van der Waals surface area (Å²) in [5.74, 6) is 0. The summed E-state index contributed by atoms with van der Waals surface area (Å²) in [4.78, 5) is 0. The highest BCUT2D eigenvalue weighted by Crippen LogP contribution is 2.22. The number of rotatable bonds is 0. The van der Waals surface area contributed by atoms with Crippen molar-refractivity contribution in [3.8, 4) is 6.07 Å². The average molecular weight is 137 g/mol. The molecular weight excluding hydrogens is 126 g/mol. The first-order valence-electron chi connectivity index (χ1n) is 3.61. The van der Waals surface area contributed by atoms with E-state index in [-0.39, 0.29) is 6.10 Å². The summed E-state index contributed by atoms with van der Waals surface area (Å²) in [7, 11) is 0. The Balaban J connectivity index is 2.58. The highest BCUT2D eigenvalue weighted by Gasteiger charge is 2.14. The molecule has 1 atom stereocenters. The second-order valence-electron chi connectivity index (χ2n) is 2.61. The third-order valence-corrected chi connectivity index (χ3v) is 1.87. The van der Waals surface area contributed by atoms with Crippen molar-refractivity contribution in [1.29, 1.82) is 5.26 Å². The standard InChI is InChI=1S/C8H11NO/c9-6-5-7-3-1-2-4-8(7)10/h5,8,10H,1-4H2/b7-5+. The second-order valence-corrected chi connectivity index (χ2v) is 2.61. The van der Waals surface area contributed by atoms with Crippen LogP contribution in [0.1, 0.15) is 25.7 Å². The van der Waals surface area contributed by atoms with Gasteiger partial charge in [0.1, 0.15) is 0 Å². The molecule has 0 bridgehead atoms. The average Bonchev–Trinajstić information content (AvgIpc) is 1.94. The Morgan fingerprint density at radius 2 is 2.40 bits per heavy atom. The minimum absolute atomic E-state index is 0.339. The largest absolute Gasteiger partial charge is 0.389 e. The number of aliphatic hydroxyl groups is 1. The third-order valence-electron chi connectivity index (χ3n) is 1.87. The van der Waals surface area contributed by atoms with Gasteiger partial charge in [0.2, 0.25) is 0 Å². The lowest BCUT2D eigenvalue weighted by Crippen LogP contribution is -2.14. The number of hydrogen-bond acceptors (Lipinski definition) is 2. The van der Waals surface area contributed by atoms with Gasteiger partial charge in [0, 0.05) is 6.08 Å². The number of allylic oxidation sites excluding steroid dienone is 1. The fourth-order valence-corrected chi connectivity index (χ4v) is 1.27. The minimum atomic E-state index is -0.339. The molecule has 0 aromatic heterocycles. The van der Waals surface area contributed by atoms with Crippen molar-refractivity contribution < 1.29 is 5.11 Å². The van der Waals surface area contributed by atoms with Gasteiger partial charge in [-0.25, -0.2) is 0 Å². The Morgan fingerprint density at radius 3 is 3.00 bits per heavy atom. The van der Waals surface area contributed by atoms with E-state index < -0.39 is 0 Å². The molecule has 1 fully saturated rings. The van der Waals surface area contributed by atoms with Crippen LogP contribution in [0.4, 0.5) is 0 Å². The molecule has 0 amide bonds. The van der Waals surface area contributed by atoms with Gasteiger partial charge >= 0.3 is 0 Å². The van der Waals surface area contributed by atoms with Crippen molar-refractivity contribution in [2.75, 3.05) is 0 Å². The predicted molar refractivity (Wildman–Crippen MR) is 38.2 cm³/mol. The zero-order valence-corrected chi connectivity index (χ0v) is 5.88. The van der Waals surface area contributed by atoms with E-state index in [4.69, 9.17) is 5.26 Å². The predicted octanol–water partition coefficient (Wildman–Crippen LogP) is 1.37. The van der Waals surface area contributed by atoms with Crippen LogP contribution in [0.25, 0.3) is 0 Å². The molecule has 0 radical (unpaired) electrons. The van der Waals surface area contributed by atoms with E-state index in [0.29, 0.717) is 0 Å². The van der Waals surface area contributed by atoms with Crippen molar-refractivity contribution in [2.24, 2.45) is 0 Å². The van der Waals surface area contributed by atoms with Crippen LogP contribution >= 0.6 is 0 Å². The lowest BCUT2D eigenvalue weighted by Gasteiger charge is -2.18. The molecule has 0 spiro atoms. The maximum absolute atomic E-state index is 9.28.